The summed E-state index contributed by atoms with van der Waals surface area (Å²) in [4.78, 5) is 11.4. The Hall–Kier alpha value is -1.03. The molecule has 0 aliphatic rings. The Kier molecular flexibility index (Phi) is 4.57. The Morgan fingerprint density at radius 2 is 2.00 bits per heavy atom. The molecule has 94 valence electrons. The highest BCUT2D eigenvalue weighted by Gasteiger charge is 2.34. The molecule has 17 heavy (non-hydrogen) atoms. The Morgan fingerprint density at radius 3 is 2.41 bits per heavy atom. The van der Waals surface area contributed by atoms with E-state index >= 15 is 0 Å². The summed E-state index contributed by atoms with van der Waals surface area (Å²) in [6, 6.07) is 5.78. The zero-order valence-corrected chi connectivity index (χ0v) is 12.0. The van der Waals surface area contributed by atoms with Crippen LogP contribution in [0.4, 0.5) is 5.69 Å². The summed E-state index contributed by atoms with van der Waals surface area (Å²) < 4.78 is 0.981. The van der Waals surface area contributed by atoms with Gasteiger partial charge in [0.1, 0.15) is 5.54 Å². The van der Waals surface area contributed by atoms with Crippen molar-refractivity contribution in [3.05, 3.63) is 28.2 Å². The molecule has 3 nitrogen and oxygen atoms in total. The van der Waals surface area contributed by atoms with Gasteiger partial charge in [0.05, 0.1) is 0 Å². The number of carboxylic acids is 1. The van der Waals surface area contributed by atoms with E-state index in [4.69, 9.17) is 0 Å². The van der Waals surface area contributed by atoms with Gasteiger partial charge in [0, 0.05) is 10.2 Å². The molecule has 0 aliphatic carbocycles. The maximum atomic E-state index is 11.4. The zero-order chi connectivity index (χ0) is 13.1. The van der Waals surface area contributed by atoms with Gasteiger partial charge in [-0.05, 0) is 37.5 Å². The lowest BCUT2D eigenvalue weighted by Crippen LogP contribution is -2.45. The summed E-state index contributed by atoms with van der Waals surface area (Å²) in [7, 11) is 0. The second-order valence-corrected chi connectivity index (χ2v) is 5.04. The zero-order valence-electron chi connectivity index (χ0n) is 10.4. The number of halogens is 1. The van der Waals surface area contributed by atoms with Gasteiger partial charge in [-0.15, -0.1) is 0 Å². The minimum Gasteiger partial charge on any atom is -0.480 e. The number of carboxylic acid groups (broad SMARTS) is 1. The van der Waals surface area contributed by atoms with E-state index in [1.165, 1.54) is 0 Å². The number of carbonyl (C=O) groups is 1. The molecule has 1 aromatic rings. The molecule has 0 bridgehead atoms. The second-order valence-electron chi connectivity index (χ2n) is 4.18. The van der Waals surface area contributed by atoms with E-state index in [1.54, 1.807) is 0 Å². The number of aliphatic carboxylic acids is 1. The van der Waals surface area contributed by atoms with Crippen LogP contribution in [0.2, 0.25) is 0 Å². The molecule has 1 rings (SSSR count). The number of anilines is 1. The maximum Gasteiger partial charge on any atom is 0.329 e. The standard InChI is InChI=1S/C13H18BrNO2/c1-4-13(5-2,12(16)17)15-10-7-6-9(3)11(14)8-10/h6-8,15H,4-5H2,1-3H3,(H,16,17). The van der Waals surface area contributed by atoms with E-state index in [0.717, 1.165) is 15.7 Å². The summed E-state index contributed by atoms with van der Waals surface area (Å²) in [5, 5.41) is 12.5. The van der Waals surface area contributed by atoms with Crippen LogP contribution in [0.5, 0.6) is 0 Å². The molecule has 4 heteroatoms. The normalized spacial score (nSPS) is 11.3. The van der Waals surface area contributed by atoms with Crippen molar-refractivity contribution in [2.45, 2.75) is 39.2 Å². The van der Waals surface area contributed by atoms with Gasteiger partial charge in [-0.3, -0.25) is 0 Å². The van der Waals surface area contributed by atoms with Gasteiger partial charge in [-0.2, -0.15) is 0 Å². The van der Waals surface area contributed by atoms with E-state index < -0.39 is 11.5 Å². The average molecular weight is 300 g/mol. The van der Waals surface area contributed by atoms with Crippen molar-refractivity contribution in [3.63, 3.8) is 0 Å². The van der Waals surface area contributed by atoms with Gasteiger partial charge in [0.15, 0.2) is 0 Å². The van der Waals surface area contributed by atoms with Gasteiger partial charge < -0.3 is 10.4 Å². The third-order valence-corrected chi connectivity index (χ3v) is 4.03. The molecule has 1 aromatic carbocycles. The predicted octanol–water partition coefficient (Wildman–Crippen LogP) is 3.81. The summed E-state index contributed by atoms with van der Waals surface area (Å²) in [5.74, 6) is -0.806. The highest BCUT2D eigenvalue weighted by atomic mass is 79.9. The van der Waals surface area contributed by atoms with Crippen LogP contribution in [0.25, 0.3) is 0 Å². The predicted molar refractivity (Wildman–Crippen MR) is 73.5 cm³/mol. The molecule has 0 saturated carbocycles. The quantitative estimate of drug-likeness (QED) is 0.869. The van der Waals surface area contributed by atoms with E-state index in [-0.39, 0.29) is 0 Å². The summed E-state index contributed by atoms with van der Waals surface area (Å²) in [6.07, 6.45) is 1.09. The highest BCUT2D eigenvalue weighted by Crippen LogP contribution is 2.26. The molecular weight excluding hydrogens is 282 g/mol. The smallest absolute Gasteiger partial charge is 0.329 e. The topological polar surface area (TPSA) is 49.3 Å². The van der Waals surface area contributed by atoms with Crippen LogP contribution in [0.3, 0.4) is 0 Å². The Bertz CT molecular complexity index is 414. The van der Waals surface area contributed by atoms with Crippen LogP contribution in [0, 0.1) is 6.92 Å². The van der Waals surface area contributed by atoms with Crippen molar-refractivity contribution in [1.29, 1.82) is 0 Å². The summed E-state index contributed by atoms with van der Waals surface area (Å²) in [5.41, 5.74) is 1.08. The molecular formula is C13H18BrNO2. The Labute approximate surface area is 110 Å². The first-order valence-corrected chi connectivity index (χ1v) is 6.52. The second kappa shape index (κ2) is 5.54. The third-order valence-electron chi connectivity index (χ3n) is 3.17. The monoisotopic (exact) mass is 299 g/mol. The molecule has 2 N–H and O–H groups in total. The molecule has 0 spiro atoms. The maximum absolute atomic E-state index is 11.4. The van der Waals surface area contributed by atoms with Crippen LogP contribution in [-0.4, -0.2) is 16.6 Å². The van der Waals surface area contributed by atoms with Crippen molar-refractivity contribution in [2.24, 2.45) is 0 Å². The van der Waals surface area contributed by atoms with Crippen LogP contribution in [0.15, 0.2) is 22.7 Å². The lowest BCUT2D eigenvalue weighted by molar-refractivity contribution is -0.142. The molecule has 0 aromatic heterocycles. The largest absolute Gasteiger partial charge is 0.480 e. The van der Waals surface area contributed by atoms with Crippen molar-refractivity contribution in [1.82, 2.24) is 0 Å². The first-order chi connectivity index (χ1) is 7.95. The van der Waals surface area contributed by atoms with E-state index in [9.17, 15) is 9.90 Å². The van der Waals surface area contributed by atoms with Crippen LogP contribution >= 0.6 is 15.9 Å². The van der Waals surface area contributed by atoms with Crippen LogP contribution in [-0.2, 0) is 4.79 Å². The SMILES string of the molecule is CCC(CC)(Nc1ccc(C)c(Br)c1)C(=O)O. The molecule has 0 heterocycles. The van der Waals surface area contributed by atoms with Gasteiger partial charge in [-0.25, -0.2) is 4.79 Å². The summed E-state index contributed by atoms with van der Waals surface area (Å²) >= 11 is 3.45. The van der Waals surface area contributed by atoms with Crippen molar-refractivity contribution < 1.29 is 9.90 Å². The van der Waals surface area contributed by atoms with Gasteiger partial charge in [-0.1, -0.05) is 35.8 Å². The third kappa shape index (κ3) is 3.00. The fourth-order valence-corrected chi connectivity index (χ4v) is 2.11. The minimum atomic E-state index is -0.880. The molecule has 0 unspecified atom stereocenters. The minimum absolute atomic E-state index is 0.546. The van der Waals surface area contributed by atoms with E-state index in [1.807, 2.05) is 39.0 Å². The van der Waals surface area contributed by atoms with Gasteiger partial charge in [0.2, 0.25) is 0 Å². The fourth-order valence-electron chi connectivity index (χ4n) is 1.73. The molecule has 0 saturated heterocycles. The number of benzene rings is 1. The molecule has 0 amide bonds. The van der Waals surface area contributed by atoms with Crippen molar-refractivity contribution in [3.8, 4) is 0 Å². The molecule has 0 atom stereocenters. The fraction of sp³-hybridized carbons (Fsp3) is 0.462. The van der Waals surface area contributed by atoms with E-state index in [0.29, 0.717) is 12.8 Å². The van der Waals surface area contributed by atoms with Crippen molar-refractivity contribution >= 4 is 27.6 Å². The lowest BCUT2D eigenvalue weighted by atomic mass is 9.92. The first-order valence-electron chi connectivity index (χ1n) is 5.73. The van der Waals surface area contributed by atoms with Crippen LogP contribution in [0.1, 0.15) is 32.3 Å². The highest BCUT2D eigenvalue weighted by molar-refractivity contribution is 9.10. The number of hydrogen-bond donors (Lipinski definition) is 2. The van der Waals surface area contributed by atoms with Gasteiger partial charge in [0.25, 0.3) is 0 Å². The van der Waals surface area contributed by atoms with Gasteiger partial charge >= 0.3 is 5.97 Å². The Morgan fingerprint density at radius 1 is 1.41 bits per heavy atom. The lowest BCUT2D eigenvalue weighted by Gasteiger charge is -2.29. The Balaban J connectivity index is 3.01. The van der Waals surface area contributed by atoms with Crippen LogP contribution < -0.4 is 5.32 Å². The number of aryl methyl sites for hydroxylation is 1. The number of nitrogens with one attached hydrogen (secondary N) is 1. The molecule has 0 fully saturated rings. The number of rotatable bonds is 5. The molecule has 0 aliphatic heterocycles. The average Bonchev–Trinajstić information content (AvgIpc) is 2.30. The molecule has 0 radical (unpaired) electrons. The first kappa shape index (κ1) is 14.0. The van der Waals surface area contributed by atoms with Crippen molar-refractivity contribution in [2.75, 3.05) is 5.32 Å². The number of hydrogen-bond acceptors (Lipinski definition) is 2. The van der Waals surface area contributed by atoms with E-state index in [2.05, 4.69) is 21.2 Å². The summed E-state index contributed by atoms with van der Waals surface area (Å²) in [6.45, 7) is 5.76.